The molecule has 2 aromatic heterocycles. The lowest BCUT2D eigenvalue weighted by Crippen LogP contribution is -2.05. The summed E-state index contributed by atoms with van der Waals surface area (Å²) in [5.41, 5.74) is -1.31. The van der Waals surface area contributed by atoms with Crippen LogP contribution in [0, 0.1) is 0 Å². The number of ether oxygens (including phenoxy) is 1. The number of rotatable bonds is 3. The molecule has 0 atom stereocenters. The molecule has 0 radical (unpaired) electrons. The molecule has 0 fully saturated rings. The molecule has 0 bridgehead atoms. The first kappa shape index (κ1) is 11.6. The van der Waals surface area contributed by atoms with Crippen molar-refractivity contribution in [1.82, 2.24) is 20.3 Å². The maximum atomic E-state index is 12.5. The van der Waals surface area contributed by atoms with Crippen molar-refractivity contribution in [3.63, 3.8) is 0 Å². The third kappa shape index (κ3) is 2.28. The molecule has 0 unspecified atom stereocenters. The summed E-state index contributed by atoms with van der Waals surface area (Å²) in [7, 11) is 1.41. The second-order valence-electron chi connectivity index (χ2n) is 3.11. The van der Waals surface area contributed by atoms with Gasteiger partial charge in [-0.25, -0.2) is 0 Å². The summed E-state index contributed by atoms with van der Waals surface area (Å²) in [4.78, 5) is 3.74. The summed E-state index contributed by atoms with van der Waals surface area (Å²) in [6.45, 7) is 0.0546. The minimum Gasteiger partial charge on any atom is -0.377 e. The van der Waals surface area contributed by atoms with Gasteiger partial charge in [0, 0.05) is 7.11 Å². The predicted molar refractivity (Wildman–Crippen MR) is 47.6 cm³/mol. The predicted octanol–water partition coefficient (Wildman–Crippen LogP) is 1.62. The smallest absolute Gasteiger partial charge is 0.377 e. The Kier molecular flexibility index (Phi) is 2.84. The number of nitrogens with zero attached hydrogens (tertiary/aromatic N) is 3. The van der Waals surface area contributed by atoms with Gasteiger partial charge in [-0.2, -0.15) is 23.3 Å². The number of aromatic amines is 1. The number of aromatic nitrogens is 4. The molecule has 92 valence electrons. The molecule has 1 N–H and O–H groups in total. The molecule has 9 heteroatoms. The molecular formula is C8H7F3N4O2. The van der Waals surface area contributed by atoms with Crippen molar-refractivity contribution in [2.75, 3.05) is 7.11 Å². The normalized spacial score (nSPS) is 12.0. The lowest BCUT2D eigenvalue weighted by molar-refractivity contribution is -0.137. The van der Waals surface area contributed by atoms with Crippen LogP contribution < -0.4 is 0 Å². The molecule has 2 heterocycles. The van der Waals surface area contributed by atoms with Gasteiger partial charge in [0.15, 0.2) is 5.82 Å². The van der Waals surface area contributed by atoms with Gasteiger partial charge in [-0.1, -0.05) is 5.16 Å². The molecule has 6 nitrogen and oxygen atoms in total. The van der Waals surface area contributed by atoms with Crippen molar-refractivity contribution in [1.29, 1.82) is 0 Å². The van der Waals surface area contributed by atoms with Gasteiger partial charge in [-0.05, 0) is 0 Å². The Balaban J connectivity index is 2.36. The molecule has 0 saturated carbocycles. The quantitative estimate of drug-likeness (QED) is 0.893. The van der Waals surface area contributed by atoms with Gasteiger partial charge in [0.05, 0.1) is 6.20 Å². The molecule has 0 aromatic carbocycles. The number of hydrogen-bond acceptors (Lipinski definition) is 5. The fraction of sp³-hybridized carbons (Fsp3) is 0.375. The van der Waals surface area contributed by atoms with Gasteiger partial charge in [-0.15, -0.1) is 0 Å². The van der Waals surface area contributed by atoms with Crippen LogP contribution in [-0.4, -0.2) is 27.4 Å². The Hall–Kier alpha value is -1.90. The van der Waals surface area contributed by atoms with E-state index in [0.717, 1.165) is 0 Å². The van der Waals surface area contributed by atoms with E-state index in [1.54, 1.807) is 0 Å². The van der Waals surface area contributed by atoms with Crippen LogP contribution in [0.4, 0.5) is 13.2 Å². The van der Waals surface area contributed by atoms with Crippen LogP contribution in [0.5, 0.6) is 0 Å². The van der Waals surface area contributed by atoms with Crippen molar-refractivity contribution in [3.8, 4) is 11.6 Å². The average Bonchev–Trinajstić information content (AvgIpc) is 2.82. The second-order valence-corrected chi connectivity index (χ2v) is 3.11. The molecule has 2 aromatic rings. The summed E-state index contributed by atoms with van der Waals surface area (Å²) in [5, 5.41) is 8.95. The van der Waals surface area contributed by atoms with E-state index in [-0.39, 0.29) is 24.0 Å². The van der Waals surface area contributed by atoms with Crippen LogP contribution >= 0.6 is 0 Å². The molecule has 0 aliphatic heterocycles. The Labute approximate surface area is 92.8 Å². The summed E-state index contributed by atoms with van der Waals surface area (Å²) < 4.78 is 47.1. The fourth-order valence-electron chi connectivity index (χ4n) is 1.21. The molecular weight excluding hydrogens is 241 g/mol. The van der Waals surface area contributed by atoms with E-state index in [9.17, 15) is 13.2 Å². The molecule has 17 heavy (non-hydrogen) atoms. The van der Waals surface area contributed by atoms with Crippen molar-refractivity contribution in [2.45, 2.75) is 12.8 Å². The average molecular weight is 248 g/mol. The summed E-state index contributed by atoms with van der Waals surface area (Å²) in [6, 6.07) is 0. The zero-order valence-electron chi connectivity index (χ0n) is 8.58. The molecule has 0 spiro atoms. The van der Waals surface area contributed by atoms with Gasteiger partial charge in [-0.3, -0.25) is 5.10 Å². The van der Waals surface area contributed by atoms with Crippen LogP contribution in [0.25, 0.3) is 11.6 Å². The van der Waals surface area contributed by atoms with Gasteiger partial charge in [0.2, 0.25) is 0 Å². The van der Waals surface area contributed by atoms with E-state index in [4.69, 9.17) is 4.74 Å². The van der Waals surface area contributed by atoms with Crippen molar-refractivity contribution in [3.05, 3.63) is 17.6 Å². The minimum absolute atomic E-state index is 0.0546. The Morgan fingerprint density at radius 1 is 1.47 bits per heavy atom. The van der Waals surface area contributed by atoms with Crippen LogP contribution in [0.3, 0.4) is 0 Å². The van der Waals surface area contributed by atoms with E-state index in [1.165, 1.54) is 7.11 Å². The Morgan fingerprint density at radius 3 is 2.88 bits per heavy atom. The first-order valence-corrected chi connectivity index (χ1v) is 4.45. The zero-order chi connectivity index (χ0) is 12.5. The topological polar surface area (TPSA) is 76.8 Å². The van der Waals surface area contributed by atoms with Crippen molar-refractivity contribution >= 4 is 0 Å². The van der Waals surface area contributed by atoms with Gasteiger partial charge >= 0.3 is 6.18 Å². The number of hydrogen-bond donors (Lipinski definition) is 1. The molecule has 0 aliphatic carbocycles. The number of H-pyrrole nitrogens is 1. The summed E-state index contributed by atoms with van der Waals surface area (Å²) >= 11 is 0. The largest absolute Gasteiger partial charge is 0.420 e. The molecule has 0 aliphatic rings. The highest BCUT2D eigenvalue weighted by Crippen LogP contribution is 2.34. The highest BCUT2D eigenvalue weighted by atomic mass is 19.4. The van der Waals surface area contributed by atoms with Gasteiger partial charge < -0.3 is 9.26 Å². The summed E-state index contributed by atoms with van der Waals surface area (Å²) in [6.07, 6.45) is -3.87. The maximum absolute atomic E-state index is 12.5. The second kappa shape index (κ2) is 4.17. The molecule has 2 rings (SSSR count). The highest BCUT2D eigenvalue weighted by molar-refractivity contribution is 5.52. The van der Waals surface area contributed by atoms with Crippen molar-refractivity contribution in [2.24, 2.45) is 0 Å². The lowest BCUT2D eigenvalue weighted by Gasteiger charge is -2.03. The first-order valence-electron chi connectivity index (χ1n) is 4.45. The first-order chi connectivity index (χ1) is 8.02. The van der Waals surface area contributed by atoms with Crippen molar-refractivity contribution < 1.29 is 22.4 Å². The van der Waals surface area contributed by atoms with Crippen LogP contribution in [-0.2, 0) is 17.5 Å². The van der Waals surface area contributed by atoms with Crippen LogP contribution in [0.1, 0.15) is 11.4 Å². The van der Waals surface area contributed by atoms with Crippen LogP contribution in [0.2, 0.25) is 0 Å². The lowest BCUT2D eigenvalue weighted by atomic mass is 10.2. The van der Waals surface area contributed by atoms with Crippen LogP contribution in [0.15, 0.2) is 10.7 Å². The SMILES string of the molecule is COCc1noc(-c2[nH]ncc2C(F)(F)F)n1. The third-order valence-electron chi connectivity index (χ3n) is 1.90. The standard InChI is InChI=1S/C8H7F3N4O2/c1-16-3-5-13-7(17-15-5)6-4(2-12-14-6)8(9,10)11/h2H,3H2,1H3,(H,12,14). The summed E-state index contributed by atoms with van der Waals surface area (Å²) in [5.74, 6) is -0.118. The van der Waals surface area contributed by atoms with E-state index in [1.807, 2.05) is 0 Å². The zero-order valence-corrected chi connectivity index (χ0v) is 8.58. The number of methoxy groups -OCH3 is 1. The molecule has 0 saturated heterocycles. The van der Waals surface area contributed by atoms with E-state index < -0.39 is 11.7 Å². The Bertz CT molecular complexity index is 505. The fourth-order valence-corrected chi connectivity index (χ4v) is 1.21. The monoisotopic (exact) mass is 248 g/mol. The maximum Gasteiger partial charge on any atom is 0.420 e. The Morgan fingerprint density at radius 2 is 2.24 bits per heavy atom. The van der Waals surface area contributed by atoms with Gasteiger partial charge in [0.1, 0.15) is 17.9 Å². The third-order valence-corrected chi connectivity index (χ3v) is 1.90. The van der Waals surface area contributed by atoms with Gasteiger partial charge in [0.25, 0.3) is 5.89 Å². The minimum atomic E-state index is -4.53. The van der Waals surface area contributed by atoms with E-state index >= 15 is 0 Å². The number of halogens is 3. The number of nitrogens with one attached hydrogen (secondary N) is 1. The van der Waals surface area contributed by atoms with E-state index in [0.29, 0.717) is 6.20 Å². The van der Waals surface area contributed by atoms with E-state index in [2.05, 4.69) is 24.9 Å². The highest BCUT2D eigenvalue weighted by Gasteiger charge is 2.37. The molecule has 0 amide bonds. The number of alkyl halides is 3.